The van der Waals surface area contributed by atoms with Crippen LogP contribution >= 0.6 is 0 Å². The normalized spacial score (nSPS) is 23.1. The zero-order chi connectivity index (χ0) is 13.7. The summed E-state index contributed by atoms with van der Waals surface area (Å²) in [4.78, 5) is 0. The molecular weight excluding hydrogens is 240 g/mol. The van der Waals surface area contributed by atoms with Gasteiger partial charge in [-0.05, 0) is 49.8 Å². The molecule has 1 aliphatic rings. The van der Waals surface area contributed by atoms with Crippen LogP contribution in [-0.2, 0) is 0 Å². The van der Waals surface area contributed by atoms with E-state index in [4.69, 9.17) is 10.5 Å². The van der Waals surface area contributed by atoms with Gasteiger partial charge in [0.05, 0.1) is 7.11 Å². The number of methoxy groups -OCH3 is 1. The van der Waals surface area contributed by atoms with Gasteiger partial charge in [0.2, 0.25) is 0 Å². The summed E-state index contributed by atoms with van der Waals surface area (Å²) < 4.78 is 5.11. The van der Waals surface area contributed by atoms with E-state index >= 15 is 0 Å². The Hall–Kier alpha value is -1.42. The minimum Gasteiger partial charge on any atom is -0.504 e. The van der Waals surface area contributed by atoms with Crippen molar-refractivity contribution in [1.29, 1.82) is 0 Å². The van der Waals surface area contributed by atoms with Gasteiger partial charge in [-0.2, -0.15) is 0 Å². The quantitative estimate of drug-likeness (QED) is 0.715. The fraction of sp³-hybridized carbons (Fsp3) is 0.600. The Balaban J connectivity index is 1.88. The lowest BCUT2D eigenvalue weighted by molar-refractivity contribution is 0.282. The molecule has 0 heterocycles. The molecule has 106 valence electrons. The molecule has 2 unspecified atom stereocenters. The second-order valence-electron chi connectivity index (χ2n) is 5.40. The maximum Gasteiger partial charge on any atom is 0.162 e. The Morgan fingerprint density at radius 2 is 2.16 bits per heavy atom. The summed E-state index contributed by atoms with van der Waals surface area (Å²) in [7, 11) is 1.56. The van der Waals surface area contributed by atoms with Crippen molar-refractivity contribution in [3.63, 3.8) is 0 Å². The summed E-state index contributed by atoms with van der Waals surface area (Å²) in [6.45, 7) is 1.77. The van der Waals surface area contributed by atoms with Gasteiger partial charge in [-0.15, -0.1) is 0 Å². The zero-order valence-electron chi connectivity index (χ0n) is 11.6. The van der Waals surface area contributed by atoms with Crippen LogP contribution in [0, 0.1) is 11.8 Å². The third-order valence-corrected chi connectivity index (χ3v) is 4.00. The summed E-state index contributed by atoms with van der Waals surface area (Å²) in [5.74, 6) is 2.07. The van der Waals surface area contributed by atoms with Gasteiger partial charge in [-0.3, -0.25) is 0 Å². The highest BCUT2D eigenvalue weighted by Gasteiger charge is 2.20. The van der Waals surface area contributed by atoms with Crippen LogP contribution in [0.1, 0.15) is 25.7 Å². The van der Waals surface area contributed by atoms with Gasteiger partial charge in [0.1, 0.15) is 0 Å². The number of hydrogen-bond acceptors (Lipinski definition) is 4. The highest BCUT2D eigenvalue weighted by molar-refractivity contribution is 5.54. The average Bonchev–Trinajstić information content (AvgIpc) is 2.46. The van der Waals surface area contributed by atoms with Crippen molar-refractivity contribution in [3.8, 4) is 11.5 Å². The third-order valence-electron chi connectivity index (χ3n) is 4.00. The molecule has 0 aliphatic heterocycles. The monoisotopic (exact) mass is 264 g/mol. The predicted molar refractivity (Wildman–Crippen MR) is 77.7 cm³/mol. The summed E-state index contributed by atoms with van der Waals surface area (Å²) in [5, 5.41) is 13.0. The molecule has 0 radical (unpaired) electrons. The van der Waals surface area contributed by atoms with E-state index in [1.807, 2.05) is 12.1 Å². The van der Waals surface area contributed by atoms with Crippen LogP contribution in [0.15, 0.2) is 18.2 Å². The first-order chi connectivity index (χ1) is 9.22. The van der Waals surface area contributed by atoms with Crippen molar-refractivity contribution >= 4 is 5.69 Å². The molecule has 2 atom stereocenters. The third kappa shape index (κ3) is 3.77. The molecule has 1 aromatic carbocycles. The minimum atomic E-state index is 0.175. The van der Waals surface area contributed by atoms with E-state index in [1.54, 1.807) is 13.2 Å². The molecule has 4 nitrogen and oxygen atoms in total. The van der Waals surface area contributed by atoms with Gasteiger partial charge in [0.15, 0.2) is 11.5 Å². The van der Waals surface area contributed by atoms with Gasteiger partial charge in [-0.25, -0.2) is 0 Å². The number of aromatic hydroxyl groups is 1. The molecular formula is C15H24N2O2. The van der Waals surface area contributed by atoms with Crippen molar-refractivity contribution in [2.75, 3.05) is 25.5 Å². The number of phenols is 1. The molecule has 4 N–H and O–H groups in total. The number of nitrogens with one attached hydrogen (secondary N) is 1. The molecule has 0 saturated heterocycles. The predicted octanol–water partition coefficient (Wildman–Crippen LogP) is 2.58. The van der Waals surface area contributed by atoms with Gasteiger partial charge >= 0.3 is 0 Å². The fourth-order valence-electron chi connectivity index (χ4n) is 2.85. The molecule has 0 aromatic heterocycles. The number of nitrogens with two attached hydrogens (primary N) is 1. The Kier molecular flexibility index (Phi) is 4.91. The van der Waals surface area contributed by atoms with Gasteiger partial charge < -0.3 is 20.9 Å². The van der Waals surface area contributed by atoms with Crippen LogP contribution in [0.2, 0.25) is 0 Å². The first kappa shape index (κ1) is 14.0. The highest BCUT2D eigenvalue weighted by atomic mass is 16.5. The summed E-state index contributed by atoms with van der Waals surface area (Å²) in [6, 6.07) is 5.37. The van der Waals surface area contributed by atoms with Crippen LogP contribution < -0.4 is 15.8 Å². The molecule has 4 heteroatoms. The zero-order valence-corrected chi connectivity index (χ0v) is 11.6. The Labute approximate surface area is 115 Å². The fourth-order valence-corrected chi connectivity index (χ4v) is 2.85. The molecule has 1 aliphatic carbocycles. The first-order valence-electron chi connectivity index (χ1n) is 7.04. The lowest BCUT2D eigenvalue weighted by atomic mass is 9.81. The van der Waals surface area contributed by atoms with Crippen molar-refractivity contribution in [1.82, 2.24) is 0 Å². The molecule has 0 amide bonds. The molecule has 1 aromatic rings. The van der Waals surface area contributed by atoms with Gasteiger partial charge in [0, 0.05) is 18.3 Å². The second kappa shape index (κ2) is 6.66. The van der Waals surface area contributed by atoms with E-state index in [-0.39, 0.29) is 5.75 Å². The number of rotatable bonds is 5. The van der Waals surface area contributed by atoms with Crippen LogP contribution in [-0.4, -0.2) is 25.3 Å². The van der Waals surface area contributed by atoms with Crippen molar-refractivity contribution in [2.45, 2.75) is 25.7 Å². The van der Waals surface area contributed by atoms with Crippen molar-refractivity contribution < 1.29 is 9.84 Å². The second-order valence-corrected chi connectivity index (χ2v) is 5.40. The number of hydrogen-bond donors (Lipinski definition) is 3. The molecule has 1 saturated carbocycles. The molecule has 19 heavy (non-hydrogen) atoms. The lowest BCUT2D eigenvalue weighted by Crippen LogP contribution is -2.26. The van der Waals surface area contributed by atoms with E-state index < -0.39 is 0 Å². The van der Waals surface area contributed by atoms with E-state index in [1.165, 1.54) is 25.7 Å². The van der Waals surface area contributed by atoms with Crippen LogP contribution in [0.4, 0.5) is 5.69 Å². The van der Waals surface area contributed by atoms with Crippen LogP contribution in [0.5, 0.6) is 11.5 Å². The smallest absolute Gasteiger partial charge is 0.162 e. The minimum absolute atomic E-state index is 0.175. The number of phenolic OH excluding ortho intramolecular Hbond substituents is 1. The highest BCUT2D eigenvalue weighted by Crippen LogP contribution is 2.31. The van der Waals surface area contributed by atoms with Gasteiger partial charge in [-0.1, -0.05) is 6.42 Å². The maximum atomic E-state index is 9.55. The van der Waals surface area contributed by atoms with E-state index in [9.17, 15) is 5.11 Å². The summed E-state index contributed by atoms with van der Waals surface area (Å²) >= 11 is 0. The Bertz CT molecular complexity index is 409. The van der Waals surface area contributed by atoms with Crippen molar-refractivity contribution in [2.24, 2.45) is 17.6 Å². The Morgan fingerprint density at radius 1 is 1.37 bits per heavy atom. The van der Waals surface area contributed by atoms with Gasteiger partial charge in [0.25, 0.3) is 0 Å². The molecule has 0 bridgehead atoms. The van der Waals surface area contributed by atoms with Crippen LogP contribution in [0.3, 0.4) is 0 Å². The topological polar surface area (TPSA) is 67.5 Å². The SMILES string of the molecule is COc1cc(NCC2CCCC(CN)C2)ccc1O. The largest absolute Gasteiger partial charge is 0.504 e. The maximum absolute atomic E-state index is 9.55. The van der Waals surface area contributed by atoms with Crippen molar-refractivity contribution in [3.05, 3.63) is 18.2 Å². The molecule has 1 fully saturated rings. The molecule has 2 rings (SSSR count). The summed E-state index contributed by atoms with van der Waals surface area (Å²) in [6.07, 6.45) is 5.06. The lowest BCUT2D eigenvalue weighted by Gasteiger charge is -2.28. The number of ether oxygens (including phenoxy) is 1. The Morgan fingerprint density at radius 3 is 2.89 bits per heavy atom. The van der Waals surface area contributed by atoms with Crippen LogP contribution in [0.25, 0.3) is 0 Å². The number of anilines is 1. The average molecular weight is 264 g/mol. The summed E-state index contributed by atoms with van der Waals surface area (Å²) in [5.41, 5.74) is 6.75. The standard InChI is InChI=1S/C15H24N2O2/c1-19-15-8-13(5-6-14(15)18)17-10-12-4-2-3-11(7-12)9-16/h5-6,8,11-12,17-18H,2-4,7,9-10,16H2,1H3. The molecule has 0 spiro atoms. The van der Waals surface area contributed by atoms with E-state index in [0.717, 1.165) is 18.8 Å². The first-order valence-corrected chi connectivity index (χ1v) is 7.04. The van der Waals surface area contributed by atoms with E-state index in [0.29, 0.717) is 17.6 Å². The van der Waals surface area contributed by atoms with E-state index in [2.05, 4.69) is 5.32 Å². The number of benzene rings is 1.